The molecule has 1 unspecified atom stereocenters. The van der Waals surface area contributed by atoms with Crippen LogP contribution in [0.25, 0.3) is 0 Å². The third-order valence-corrected chi connectivity index (χ3v) is 3.86. The second-order valence-corrected chi connectivity index (χ2v) is 5.47. The van der Waals surface area contributed by atoms with Gasteiger partial charge in [0.2, 0.25) is 0 Å². The number of aryl methyl sites for hydroxylation is 1. The molecule has 0 amide bonds. The van der Waals surface area contributed by atoms with E-state index < -0.39 is 6.10 Å². The summed E-state index contributed by atoms with van der Waals surface area (Å²) in [6, 6.07) is 2.60. The van der Waals surface area contributed by atoms with Crippen LogP contribution in [0.15, 0.2) is 24.0 Å². The number of nitrogens with zero attached hydrogens (tertiary/aromatic N) is 2. The number of rotatable bonds is 3. The molecule has 0 aromatic carbocycles. The van der Waals surface area contributed by atoms with Crippen LogP contribution in [0.4, 0.5) is 0 Å². The first-order chi connectivity index (χ1) is 7.75. The smallest absolute Gasteiger partial charge is 0.121 e. The summed E-state index contributed by atoms with van der Waals surface area (Å²) in [6.07, 6.45) is 5.48. The van der Waals surface area contributed by atoms with E-state index in [1.807, 2.05) is 17.8 Å². The van der Waals surface area contributed by atoms with Crippen LogP contribution < -0.4 is 0 Å². The number of aliphatic hydroxyl groups excluding tert-OH is 1. The molecule has 3 rings (SSSR count). The van der Waals surface area contributed by atoms with Gasteiger partial charge in [-0.2, -0.15) is 0 Å². The van der Waals surface area contributed by atoms with Crippen molar-refractivity contribution in [2.45, 2.75) is 31.9 Å². The van der Waals surface area contributed by atoms with Crippen molar-refractivity contribution in [1.29, 1.82) is 0 Å². The van der Waals surface area contributed by atoms with Crippen LogP contribution in [0.3, 0.4) is 0 Å². The molecule has 84 valence electrons. The quantitative estimate of drug-likeness (QED) is 0.886. The molecule has 1 aliphatic carbocycles. The number of imidazole rings is 1. The highest BCUT2D eigenvalue weighted by molar-refractivity contribution is 7.10. The Balaban J connectivity index is 1.93. The SMILES string of the molecule is Cc1cc(C(O)c2cncn2C2CC2)cs1. The van der Waals surface area contributed by atoms with E-state index >= 15 is 0 Å². The van der Waals surface area contributed by atoms with Gasteiger partial charge in [0.25, 0.3) is 0 Å². The Morgan fingerprint density at radius 2 is 2.38 bits per heavy atom. The summed E-state index contributed by atoms with van der Waals surface area (Å²) in [7, 11) is 0. The summed E-state index contributed by atoms with van der Waals surface area (Å²) in [6.45, 7) is 2.05. The van der Waals surface area contributed by atoms with E-state index in [1.165, 1.54) is 17.7 Å². The van der Waals surface area contributed by atoms with Gasteiger partial charge in [-0.1, -0.05) is 0 Å². The van der Waals surface area contributed by atoms with Crippen LogP contribution in [0.5, 0.6) is 0 Å². The van der Waals surface area contributed by atoms with Crippen LogP contribution in [0.2, 0.25) is 0 Å². The van der Waals surface area contributed by atoms with E-state index in [4.69, 9.17) is 0 Å². The minimum absolute atomic E-state index is 0.534. The van der Waals surface area contributed by atoms with Gasteiger partial charge in [-0.15, -0.1) is 11.3 Å². The van der Waals surface area contributed by atoms with Crippen LogP contribution in [-0.2, 0) is 0 Å². The van der Waals surface area contributed by atoms with Crippen LogP contribution in [0.1, 0.15) is 41.1 Å². The fraction of sp³-hybridized carbons (Fsp3) is 0.417. The van der Waals surface area contributed by atoms with E-state index in [1.54, 1.807) is 17.5 Å². The van der Waals surface area contributed by atoms with Crippen molar-refractivity contribution in [2.75, 3.05) is 0 Å². The number of hydrogen-bond acceptors (Lipinski definition) is 3. The summed E-state index contributed by atoms with van der Waals surface area (Å²) >= 11 is 1.67. The number of hydrogen-bond donors (Lipinski definition) is 1. The zero-order chi connectivity index (χ0) is 11.1. The molecule has 1 N–H and O–H groups in total. The Bertz CT molecular complexity index is 499. The zero-order valence-electron chi connectivity index (χ0n) is 9.13. The molecule has 1 atom stereocenters. The maximum absolute atomic E-state index is 10.3. The predicted octanol–water partition coefficient (Wildman–Crippen LogP) is 2.67. The van der Waals surface area contributed by atoms with Crippen LogP contribution in [0, 0.1) is 6.92 Å². The Morgan fingerprint density at radius 3 is 3.00 bits per heavy atom. The molecule has 0 aliphatic heterocycles. The van der Waals surface area contributed by atoms with Crippen molar-refractivity contribution in [2.24, 2.45) is 0 Å². The third kappa shape index (κ3) is 1.68. The molecule has 1 saturated carbocycles. The Labute approximate surface area is 98.4 Å². The molecule has 2 aromatic heterocycles. The van der Waals surface area contributed by atoms with Gasteiger partial charge in [0.15, 0.2) is 0 Å². The highest BCUT2D eigenvalue weighted by Gasteiger charge is 2.27. The maximum Gasteiger partial charge on any atom is 0.121 e. The lowest BCUT2D eigenvalue weighted by Crippen LogP contribution is -2.06. The van der Waals surface area contributed by atoms with Crippen molar-refractivity contribution in [3.8, 4) is 0 Å². The van der Waals surface area contributed by atoms with E-state index in [2.05, 4.69) is 16.5 Å². The molecule has 16 heavy (non-hydrogen) atoms. The van der Waals surface area contributed by atoms with E-state index in [0.717, 1.165) is 11.3 Å². The summed E-state index contributed by atoms with van der Waals surface area (Å²) in [4.78, 5) is 5.37. The lowest BCUT2D eigenvalue weighted by molar-refractivity contribution is 0.210. The van der Waals surface area contributed by atoms with Crippen molar-refractivity contribution in [3.63, 3.8) is 0 Å². The molecular formula is C12H14N2OS. The van der Waals surface area contributed by atoms with Crippen LogP contribution in [-0.4, -0.2) is 14.7 Å². The third-order valence-electron chi connectivity index (χ3n) is 2.98. The van der Waals surface area contributed by atoms with E-state index in [0.29, 0.717) is 6.04 Å². The van der Waals surface area contributed by atoms with Crippen molar-refractivity contribution >= 4 is 11.3 Å². The molecule has 2 heterocycles. The number of aromatic nitrogens is 2. The maximum atomic E-state index is 10.3. The largest absolute Gasteiger partial charge is 0.382 e. The first-order valence-corrected chi connectivity index (χ1v) is 6.38. The van der Waals surface area contributed by atoms with Crippen molar-refractivity contribution in [3.05, 3.63) is 40.1 Å². The van der Waals surface area contributed by atoms with Gasteiger partial charge in [0.05, 0.1) is 18.2 Å². The molecule has 0 radical (unpaired) electrons. The second kappa shape index (κ2) is 3.71. The average molecular weight is 234 g/mol. The fourth-order valence-electron chi connectivity index (χ4n) is 1.96. The predicted molar refractivity (Wildman–Crippen MR) is 63.6 cm³/mol. The van der Waals surface area contributed by atoms with Gasteiger partial charge in [-0.25, -0.2) is 4.98 Å². The standard InChI is InChI=1S/C12H14N2OS/c1-8-4-9(6-16-8)12(15)11-5-13-7-14(11)10-2-3-10/h4-7,10,12,15H,2-3H2,1H3. The first kappa shape index (κ1) is 10.1. The summed E-state index contributed by atoms with van der Waals surface area (Å²) in [5, 5.41) is 12.3. The average Bonchev–Trinajstić information content (AvgIpc) is 2.85. The molecular weight excluding hydrogens is 220 g/mol. The number of thiophene rings is 1. The Kier molecular flexibility index (Phi) is 2.33. The second-order valence-electron chi connectivity index (χ2n) is 4.35. The van der Waals surface area contributed by atoms with Gasteiger partial charge < -0.3 is 9.67 Å². The molecule has 0 bridgehead atoms. The lowest BCUT2D eigenvalue weighted by Gasteiger charge is -2.11. The van der Waals surface area contributed by atoms with Gasteiger partial charge in [-0.05, 0) is 36.8 Å². The van der Waals surface area contributed by atoms with Crippen molar-refractivity contribution in [1.82, 2.24) is 9.55 Å². The molecule has 1 aliphatic rings. The summed E-state index contributed by atoms with van der Waals surface area (Å²) in [5.41, 5.74) is 1.89. The highest BCUT2D eigenvalue weighted by Crippen LogP contribution is 2.38. The molecule has 2 aromatic rings. The Hall–Kier alpha value is -1.13. The van der Waals surface area contributed by atoms with Gasteiger partial charge >= 0.3 is 0 Å². The molecule has 0 saturated heterocycles. The van der Waals surface area contributed by atoms with E-state index in [9.17, 15) is 5.11 Å². The van der Waals surface area contributed by atoms with E-state index in [-0.39, 0.29) is 0 Å². The van der Waals surface area contributed by atoms with Gasteiger partial charge in [0.1, 0.15) is 6.10 Å². The van der Waals surface area contributed by atoms with Crippen molar-refractivity contribution < 1.29 is 5.11 Å². The summed E-state index contributed by atoms with van der Waals surface area (Å²) < 4.78 is 2.11. The summed E-state index contributed by atoms with van der Waals surface area (Å²) in [5.74, 6) is 0. The number of aliphatic hydroxyl groups is 1. The normalized spacial score (nSPS) is 17.6. The topological polar surface area (TPSA) is 38.1 Å². The zero-order valence-corrected chi connectivity index (χ0v) is 9.94. The van der Waals surface area contributed by atoms with Gasteiger partial charge in [-0.3, -0.25) is 0 Å². The molecule has 1 fully saturated rings. The van der Waals surface area contributed by atoms with Gasteiger partial charge in [0, 0.05) is 10.9 Å². The monoisotopic (exact) mass is 234 g/mol. The van der Waals surface area contributed by atoms with Crippen LogP contribution >= 0.6 is 11.3 Å². The highest BCUT2D eigenvalue weighted by atomic mass is 32.1. The molecule has 3 nitrogen and oxygen atoms in total. The lowest BCUT2D eigenvalue weighted by atomic mass is 10.1. The molecule has 4 heteroatoms. The minimum atomic E-state index is -0.534. The first-order valence-electron chi connectivity index (χ1n) is 5.50. The fourth-order valence-corrected chi connectivity index (χ4v) is 2.69. The minimum Gasteiger partial charge on any atom is -0.382 e. The molecule has 0 spiro atoms. The Morgan fingerprint density at radius 1 is 1.56 bits per heavy atom.